The zero-order chi connectivity index (χ0) is 4.12. The lowest BCUT2D eigenvalue weighted by Gasteiger charge is -1.35. The molecule has 0 saturated heterocycles. The summed E-state index contributed by atoms with van der Waals surface area (Å²) in [6.07, 6.45) is 1.49. The summed E-state index contributed by atoms with van der Waals surface area (Å²) in [5, 5.41) is 7.32. The second-order valence-corrected chi connectivity index (χ2v) is 0.314. The van der Waals surface area contributed by atoms with Crippen LogP contribution in [-0.4, -0.2) is 5.94 Å². The standard InChI is InChI=1S/C2N2O/c3-4-1-2-5. The van der Waals surface area contributed by atoms with E-state index in [0.717, 1.165) is 5.94 Å². The van der Waals surface area contributed by atoms with Gasteiger partial charge in [-0.2, -0.15) is 0 Å². The molecule has 0 radical (unpaired) electrons. The summed E-state index contributed by atoms with van der Waals surface area (Å²) >= 11 is 0. The van der Waals surface area contributed by atoms with E-state index in [0.29, 0.717) is 0 Å². The van der Waals surface area contributed by atoms with E-state index >= 15 is 0 Å². The van der Waals surface area contributed by atoms with Crippen LogP contribution in [0.3, 0.4) is 0 Å². The first kappa shape index (κ1) is 3.87. The SMILES string of the molecule is N#[N+][C-]=C=O. The minimum Gasteiger partial charge on any atom is -0.269 e. The fourth-order valence-corrected chi connectivity index (χ4v) is 0.0204. The maximum absolute atomic E-state index is 8.91. The smallest absolute Gasteiger partial charge is 0.180 e. The van der Waals surface area contributed by atoms with Crippen molar-refractivity contribution in [3.8, 4) is 0 Å². The molecule has 0 aliphatic heterocycles. The number of hydrogen-bond acceptors (Lipinski definition) is 2. The van der Waals surface area contributed by atoms with Crippen LogP contribution in [0.5, 0.6) is 0 Å². The highest BCUT2D eigenvalue weighted by Gasteiger charge is 1.42. The Bertz CT molecular complexity index is 94.7. The van der Waals surface area contributed by atoms with Gasteiger partial charge in [-0.1, -0.05) is 0 Å². The molecule has 0 aromatic rings. The van der Waals surface area contributed by atoms with Crippen molar-refractivity contribution < 1.29 is 4.79 Å². The van der Waals surface area contributed by atoms with Crippen LogP contribution in [0.1, 0.15) is 0 Å². The summed E-state index contributed by atoms with van der Waals surface area (Å²) in [6, 6.07) is 0. The van der Waals surface area contributed by atoms with Crippen molar-refractivity contribution in [3.05, 3.63) is 11.2 Å². The highest BCUT2D eigenvalue weighted by molar-refractivity contribution is 5.41. The first-order chi connectivity index (χ1) is 2.41. The van der Waals surface area contributed by atoms with Gasteiger partial charge in [-0.3, -0.25) is 4.79 Å². The van der Waals surface area contributed by atoms with Gasteiger partial charge < -0.3 is 0 Å². The van der Waals surface area contributed by atoms with Crippen LogP contribution in [0.4, 0.5) is 0 Å². The summed E-state index contributed by atoms with van der Waals surface area (Å²) in [4.78, 5) is 11.1. The summed E-state index contributed by atoms with van der Waals surface area (Å²) in [7, 11) is 0. The van der Waals surface area contributed by atoms with Gasteiger partial charge >= 0.3 is 0 Å². The van der Waals surface area contributed by atoms with Crippen molar-refractivity contribution in [2.75, 3.05) is 0 Å². The summed E-state index contributed by atoms with van der Waals surface area (Å²) in [5.41, 5.74) is 0. The van der Waals surface area contributed by atoms with E-state index in [4.69, 9.17) is 10.2 Å². The van der Waals surface area contributed by atoms with Gasteiger partial charge in [0, 0.05) is 0 Å². The minimum atomic E-state index is 1.10. The minimum absolute atomic E-state index is 1.10. The molecule has 0 aromatic carbocycles. The Labute approximate surface area is 28.5 Å². The number of rotatable bonds is 0. The van der Waals surface area contributed by atoms with Crippen LogP contribution in [0.15, 0.2) is 0 Å². The third-order valence-corrected chi connectivity index (χ3v) is 0.0956. The summed E-state index contributed by atoms with van der Waals surface area (Å²) < 4.78 is 0. The van der Waals surface area contributed by atoms with Crippen LogP contribution in [0, 0.1) is 11.6 Å². The van der Waals surface area contributed by atoms with Crippen LogP contribution in [0.2, 0.25) is 0 Å². The Balaban J connectivity index is 3.46. The predicted molar refractivity (Wildman–Crippen MR) is 14.0 cm³/mol. The molecule has 0 N–H and O–H groups in total. The fourth-order valence-electron chi connectivity index (χ4n) is 0.0204. The third kappa shape index (κ3) is 2.87. The molecular weight excluding hydrogens is 68.0 g/mol. The normalized spacial score (nSPS) is 3.80. The van der Waals surface area contributed by atoms with Gasteiger partial charge in [-0.25, -0.2) is 0 Å². The quantitative estimate of drug-likeness (QED) is 0.227. The maximum Gasteiger partial charge on any atom is 0.180 e. The van der Waals surface area contributed by atoms with E-state index in [1.54, 1.807) is 0 Å². The lowest BCUT2D eigenvalue weighted by Crippen LogP contribution is -1.36. The van der Waals surface area contributed by atoms with Gasteiger partial charge in [-0.15, -0.1) is 0 Å². The monoisotopic (exact) mass is 68.0 g/mol. The second kappa shape index (κ2) is 2.87. The van der Waals surface area contributed by atoms with E-state index in [1.165, 1.54) is 6.20 Å². The number of diazo groups is 1. The molecule has 0 atom stereocenters. The van der Waals surface area contributed by atoms with Gasteiger partial charge in [-0.05, 0) is 10.9 Å². The predicted octanol–water partition coefficient (Wildman–Crippen LogP) is -0.0120. The number of hydrogen-bond donors (Lipinski definition) is 0. The Morgan fingerprint density at radius 3 is 2.60 bits per heavy atom. The van der Waals surface area contributed by atoms with Crippen molar-refractivity contribution >= 4 is 5.94 Å². The van der Waals surface area contributed by atoms with Crippen molar-refractivity contribution in [2.24, 2.45) is 0 Å². The number of carbonyl (C=O) groups excluding carboxylic acids is 1. The summed E-state index contributed by atoms with van der Waals surface area (Å²) in [6.45, 7) is 0. The molecule has 3 heteroatoms. The average molecular weight is 68.0 g/mol. The maximum atomic E-state index is 8.91. The van der Waals surface area contributed by atoms with Crippen molar-refractivity contribution in [1.82, 2.24) is 0 Å². The van der Waals surface area contributed by atoms with Crippen LogP contribution >= 0.6 is 0 Å². The Hall–Kier alpha value is -1.13. The molecule has 0 heterocycles. The molecule has 0 fully saturated rings. The summed E-state index contributed by atoms with van der Waals surface area (Å²) in [5.74, 6) is 1.10. The molecule has 0 aliphatic rings. The van der Waals surface area contributed by atoms with Crippen LogP contribution < -0.4 is 0 Å². The highest BCUT2D eigenvalue weighted by Crippen LogP contribution is 1.48. The zero-order valence-corrected chi connectivity index (χ0v) is 2.30. The Kier molecular flexibility index (Phi) is 2.22. The van der Waals surface area contributed by atoms with E-state index < -0.39 is 0 Å². The van der Waals surface area contributed by atoms with Gasteiger partial charge in [0.2, 0.25) is 0 Å². The van der Waals surface area contributed by atoms with Gasteiger partial charge in [0.1, 0.15) is 6.20 Å². The van der Waals surface area contributed by atoms with Crippen molar-refractivity contribution in [1.29, 1.82) is 5.39 Å². The van der Waals surface area contributed by atoms with Gasteiger partial charge in [0.15, 0.2) is 5.39 Å². The van der Waals surface area contributed by atoms with E-state index in [1.807, 2.05) is 0 Å². The largest absolute Gasteiger partial charge is 0.269 e. The van der Waals surface area contributed by atoms with E-state index in [2.05, 4.69) is 4.98 Å². The lowest BCUT2D eigenvalue weighted by molar-refractivity contribution is 0.568. The highest BCUT2D eigenvalue weighted by atomic mass is 16.1. The molecule has 0 bridgehead atoms. The van der Waals surface area contributed by atoms with Crippen molar-refractivity contribution in [2.45, 2.75) is 0 Å². The van der Waals surface area contributed by atoms with Crippen molar-refractivity contribution in [3.63, 3.8) is 0 Å². The molecule has 0 aliphatic carbocycles. The molecule has 0 spiro atoms. The van der Waals surface area contributed by atoms with E-state index in [-0.39, 0.29) is 0 Å². The van der Waals surface area contributed by atoms with Crippen LogP contribution in [0.25, 0.3) is 4.98 Å². The molecule has 24 valence electrons. The first-order valence-electron chi connectivity index (χ1n) is 0.878. The molecule has 0 rings (SSSR count). The molecule has 0 aromatic heterocycles. The lowest BCUT2D eigenvalue weighted by atomic mass is 11.1. The fraction of sp³-hybridized carbons (Fsp3) is 0. The molecule has 0 saturated carbocycles. The Morgan fingerprint density at radius 1 is 2.00 bits per heavy atom. The van der Waals surface area contributed by atoms with E-state index in [9.17, 15) is 0 Å². The molecule has 5 heavy (non-hydrogen) atoms. The molecule has 0 amide bonds. The first-order valence-corrected chi connectivity index (χ1v) is 0.878. The molecule has 0 unspecified atom stereocenters. The molecular formula is C2N2O. The van der Waals surface area contributed by atoms with Crippen LogP contribution in [-0.2, 0) is 4.79 Å². The third-order valence-electron chi connectivity index (χ3n) is 0.0956. The second-order valence-electron chi connectivity index (χ2n) is 0.314. The molecule has 3 nitrogen and oxygen atoms in total. The zero-order valence-electron chi connectivity index (χ0n) is 2.30. The number of nitrogens with zero attached hydrogens (tertiary/aromatic N) is 2. The average Bonchev–Trinajstić information content (AvgIpc) is 1.41. The van der Waals surface area contributed by atoms with Gasteiger partial charge in [0.05, 0.1) is 0 Å². The Morgan fingerprint density at radius 2 is 2.60 bits per heavy atom. The topological polar surface area (TPSA) is 45.2 Å². The van der Waals surface area contributed by atoms with Gasteiger partial charge in [0.25, 0.3) is 0 Å².